The van der Waals surface area contributed by atoms with E-state index in [4.69, 9.17) is 19.6 Å². The van der Waals surface area contributed by atoms with Gasteiger partial charge in [0, 0.05) is 12.6 Å². The maximum atomic E-state index is 12.6. The summed E-state index contributed by atoms with van der Waals surface area (Å²) in [7, 11) is 2.95. The van der Waals surface area contributed by atoms with Gasteiger partial charge < -0.3 is 30.3 Å². The van der Waals surface area contributed by atoms with Gasteiger partial charge in [-0.15, -0.1) is 12.4 Å². The number of anilines is 1. The van der Waals surface area contributed by atoms with Crippen LogP contribution in [0.2, 0.25) is 0 Å². The van der Waals surface area contributed by atoms with Gasteiger partial charge in [0.25, 0.3) is 11.8 Å². The van der Waals surface area contributed by atoms with Crippen molar-refractivity contribution in [3.63, 3.8) is 0 Å². The minimum absolute atomic E-state index is 0. The fourth-order valence-corrected chi connectivity index (χ4v) is 2.33. The van der Waals surface area contributed by atoms with Gasteiger partial charge in [0.2, 0.25) is 0 Å². The minimum Gasteiger partial charge on any atom is -0.493 e. The molecule has 0 radical (unpaired) electrons. The van der Waals surface area contributed by atoms with Crippen LogP contribution in [0.25, 0.3) is 0 Å². The summed E-state index contributed by atoms with van der Waals surface area (Å²) in [6.07, 6.45) is 2.98. The topological polar surface area (TPSA) is 116 Å². The number of nitrogens with one attached hydrogen (secondary N) is 2. The number of rotatable bonds is 9. The number of carbonyl (C=O) groups is 2. The van der Waals surface area contributed by atoms with Gasteiger partial charge in [0.05, 0.1) is 31.7 Å². The van der Waals surface area contributed by atoms with Gasteiger partial charge in [0.1, 0.15) is 0 Å². The zero-order valence-corrected chi connectivity index (χ0v) is 16.1. The van der Waals surface area contributed by atoms with Crippen molar-refractivity contribution in [3.8, 4) is 11.5 Å². The molecule has 2 rings (SSSR count). The van der Waals surface area contributed by atoms with Gasteiger partial charge in [-0.25, -0.2) is 0 Å². The number of ether oxygens (including phenoxy) is 2. The van der Waals surface area contributed by atoms with E-state index in [1.54, 1.807) is 6.07 Å². The van der Waals surface area contributed by atoms with Crippen molar-refractivity contribution in [2.24, 2.45) is 5.73 Å². The molecule has 1 aromatic heterocycles. The van der Waals surface area contributed by atoms with Crippen molar-refractivity contribution in [1.82, 2.24) is 5.32 Å². The number of furan rings is 1. The van der Waals surface area contributed by atoms with E-state index in [-0.39, 0.29) is 29.6 Å². The van der Waals surface area contributed by atoms with Crippen molar-refractivity contribution in [2.75, 3.05) is 32.6 Å². The van der Waals surface area contributed by atoms with Crippen LogP contribution in [0.4, 0.5) is 5.69 Å². The first-order chi connectivity index (χ1) is 12.6. The van der Waals surface area contributed by atoms with Crippen LogP contribution in [-0.2, 0) is 0 Å². The molecule has 2 amide bonds. The van der Waals surface area contributed by atoms with Gasteiger partial charge in [-0.3, -0.25) is 9.59 Å². The summed E-state index contributed by atoms with van der Waals surface area (Å²) in [6, 6.07) is 6.19. The van der Waals surface area contributed by atoms with Crippen molar-refractivity contribution in [2.45, 2.75) is 12.8 Å². The number of hydrogen-bond acceptors (Lipinski definition) is 6. The third-order valence-corrected chi connectivity index (χ3v) is 3.68. The lowest BCUT2D eigenvalue weighted by Gasteiger charge is -2.15. The Morgan fingerprint density at radius 2 is 1.81 bits per heavy atom. The Balaban J connectivity index is 0.00000364. The predicted octanol–water partition coefficient (Wildman–Crippen LogP) is 2.44. The second-order valence-electron chi connectivity index (χ2n) is 5.44. The van der Waals surface area contributed by atoms with Crippen LogP contribution in [-0.4, -0.2) is 39.1 Å². The third-order valence-electron chi connectivity index (χ3n) is 3.68. The van der Waals surface area contributed by atoms with E-state index in [1.165, 1.54) is 38.7 Å². The molecule has 2 aromatic rings. The number of nitrogens with two attached hydrogens (primary N) is 1. The molecule has 0 fully saturated rings. The largest absolute Gasteiger partial charge is 0.493 e. The van der Waals surface area contributed by atoms with Crippen LogP contribution in [0.3, 0.4) is 0 Å². The monoisotopic (exact) mass is 397 g/mol. The van der Waals surface area contributed by atoms with E-state index in [0.29, 0.717) is 30.3 Å². The molecule has 0 unspecified atom stereocenters. The Morgan fingerprint density at radius 1 is 1.11 bits per heavy atom. The normalized spacial score (nSPS) is 9.89. The Kier molecular flexibility index (Phi) is 9.18. The maximum Gasteiger partial charge on any atom is 0.291 e. The summed E-state index contributed by atoms with van der Waals surface area (Å²) in [6.45, 7) is 1.05. The first-order valence-electron chi connectivity index (χ1n) is 8.19. The first-order valence-corrected chi connectivity index (χ1v) is 8.19. The van der Waals surface area contributed by atoms with Crippen LogP contribution in [0.1, 0.15) is 33.8 Å². The van der Waals surface area contributed by atoms with Crippen molar-refractivity contribution in [3.05, 3.63) is 41.9 Å². The highest BCUT2D eigenvalue weighted by Crippen LogP contribution is 2.33. The Morgan fingerprint density at radius 3 is 2.41 bits per heavy atom. The average molecular weight is 398 g/mol. The molecule has 0 spiro atoms. The third kappa shape index (κ3) is 5.90. The Labute approximate surface area is 163 Å². The molecule has 0 aliphatic heterocycles. The van der Waals surface area contributed by atoms with Crippen LogP contribution < -0.4 is 25.8 Å². The molecule has 1 aromatic carbocycles. The van der Waals surface area contributed by atoms with E-state index >= 15 is 0 Å². The molecule has 0 atom stereocenters. The zero-order chi connectivity index (χ0) is 18.9. The van der Waals surface area contributed by atoms with E-state index in [1.807, 2.05) is 0 Å². The number of halogens is 1. The molecular formula is C18H24ClN3O5. The van der Waals surface area contributed by atoms with Crippen molar-refractivity contribution in [1.29, 1.82) is 0 Å². The summed E-state index contributed by atoms with van der Waals surface area (Å²) in [4.78, 5) is 24.8. The highest BCUT2D eigenvalue weighted by molar-refractivity contribution is 6.08. The average Bonchev–Trinajstić information content (AvgIpc) is 3.19. The molecule has 27 heavy (non-hydrogen) atoms. The number of hydrogen-bond donors (Lipinski definition) is 3. The number of unbranched alkanes of at least 4 members (excludes halogenated alkanes) is 1. The van der Waals surface area contributed by atoms with Crippen molar-refractivity contribution >= 4 is 29.9 Å². The zero-order valence-electron chi connectivity index (χ0n) is 15.2. The second kappa shape index (κ2) is 11.1. The van der Waals surface area contributed by atoms with Crippen LogP contribution in [0.15, 0.2) is 34.9 Å². The molecule has 1 heterocycles. The second-order valence-corrected chi connectivity index (χ2v) is 5.44. The standard InChI is InChI=1S/C18H23N3O5.ClH/c1-24-15-10-12(17(22)20-8-4-3-7-19)13(11-16(15)25-2)21-18(23)14-6-5-9-26-14;/h5-6,9-11H,3-4,7-8,19H2,1-2H3,(H,20,22)(H,21,23);1H. The van der Waals surface area contributed by atoms with Gasteiger partial charge in [-0.05, 0) is 37.6 Å². The molecule has 148 valence electrons. The van der Waals surface area contributed by atoms with Gasteiger partial charge in [-0.1, -0.05) is 0 Å². The lowest BCUT2D eigenvalue weighted by atomic mass is 10.1. The van der Waals surface area contributed by atoms with E-state index in [0.717, 1.165) is 12.8 Å². The van der Waals surface area contributed by atoms with Gasteiger partial charge in [0.15, 0.2) is 17.3 Å². The highest BCUT2D eigenvalue weighted by atomic mass is 35.5. The molecule has 0 aliphatic carbocycles. The van der Waals surface area contributed by atoms with Crippen LogP contribution >= 0.6 is 12.4 Å². The number of amides is 2. The Bertz CT molecular complexity index is 750. The first kappa shape index (κ1) is 22.3. The molecule has 0 aliphatic rings. The van der Waals surface area contributed by atoms with Crippen LogP contribution in [0.5, 0.6) is 11.5 Å². The summed E-state index contributed by atoms with van der Waals surface area (Å²) >= 11 is 0. The molecular weight excluding hydrogens is 374 g/mol. The van der Waals surface area contributed by atoms with Gasteiger partial charge >= 0.3 is 0 Å². The quantitative estimate of drug-likeness (QED) is 0.559. The number of methoxy groups -OCH3 is 2. The Hall–Kier alpha value is -2.71. The molecule has 4 N–H and O–H groups in total. The van der Waals surface area contributed by atoms with Crippen molar-refractivity contribution < 1.29 is 23.5 Å². The summed E-state index contributed by atoms with van der Waals surface area (Å²) in [5.41, 5.74) is 6.00. The number of carbonyl (C=O) groups excluding carboxylic acids is 2. The SMILES string of the molecule is COc1cc(NC(=O)c2ccco2)c(C(=O)NCCCCN)cc1OC.Cl. The van der Waals surface area contributed by atoms with Crippen LogP contribution in [0, 0.1) is 0 Å². The summed E-state index contributed by atoms with van der Waals surface area (Å²) in [5, 5.41) is 5.48. The summed E-state index contributed by atoms with van der Waals surface area (Å²) in [5.74, 6) is 0.101. The minimum atomic E-state index is -0.473. The fraction of sp³-hybridized carbons (Fsp3) is 0.333. The van der Waals surface area contributed by atoms with Gasteiger partial charge in [-0.2, -0.15) is 0 Å². The van der Waals surface area contributed by atoms with E-state index in [9.17, 15) is 9.59 Å². The molecule has 0 saturated heterocycles. The molecule has 9 heteroatoms. The predicted molar refractivity (Wildman–Crippen MR) is 104 cm³/mol. The lowest BCUT2D eigenvalue weighted by Crippen LogP contribution is -2.26. The molecule has 8 nitrogen and oxygen atoms in total. The lowest BCUT2D eigenvalue weighted by molar-refractivity contribution is 0.0953. The smallest absolute Gasteiger partial charge is 0.291 e. The summed E-state index contributed by atoms with van der Waals surface area (Å²) < 4.78 is 15.6. The number of benzene rings is 1. The van der Waals surface area contributed by atoms with E-state index < -0.39 is 5.91 Å². The highest BCUT2D eigenvalue weighted by Gasteiger charge is 2.19. The maximum absolute atomic E-state index is 12.6. The molecule has 0 bridgehead atoms. The van der Waals surface area contributed by atoms with E-state index in [2.05, 4.69) is 10.6 Å². The molecule has 0 saturated carbocycles. The fourth-order valence-electron chi connectivity index (χ4n) is 2.33.